The second-order valence-electron chi connectivity index (χ2n) is 5.02. The van der Waals surface area contributed by atoms with E-state index in [2.05, 4.69) is 0 Å². The molecular weight excluding hydrogens is 288 g/mol. The van der Waals surface area contributed by atoms with Crippen molar-refractivity contribution in [3.63, 3.8) is 0 Å². The normalized spacial score (nSPS) is 16.6. The lowest BCUT2D eigenvalue weighted by atomic mass is 10.1. The van der Waals surface area contributed by atoms with Crippen LogP contribution in [-0.2, 0) is 4.74 Å². The van der Waals surface area contributed by atoms with E-state index in [9.17, 15) is 9.59 Å². The van der Waals surface area contributed by atoms with Crippen LogP contribution in [0.25, 0.3) is 0 Å². The number of carbonyl (C=O) groups is 2. The zero-order valence-electron chi connectivity index (χ0n) is 12.4. The van der Waals surface area contributed by atoms with Crippen LogP contribution in [0.1, 0.15) is 17.3 Å². The van der Waals surface area contributed by atoms with E-state index in [4.69, 9.17) is 14.2 Å². The number of hydrogen-bond donors (Lipinski definition) is 0. The lowest BCUT2D eigenvalue weighted by molar-refractivity contribution is 0.0567. The Morgan fingerprint density at radius 2 is 1.86 bits per heavy atom. The number of hydrogen-bond acceptors (Lipinski definition) is 5. The summed E-state index contributed by atoms with van der Waals surface area (Å²) in [6.07, 6.45) is -0.327. The first-order valence-electron chi connectivity index (χ1n) is 7.30. The number of rotatable bonds is 2. The Balaban J connectivity index is 1.66. The lowest BCUT2D eigenvalue weighted by Gasteiger charge is -2.34. The summed E-state index contributed by atoms with van der Waals surface area (Å²) in [5.74, 6) is 0.988. The minimum absolute atomic E-state index is 0.106. The molecule has 1 aromatic carbocycles. The molecule has 0 aromatic heterocycles. The van der Waals surface area contributed by atoms with Crippen LogP contribution in [0.5, 0.6) is 11.5 Å². The van der Waals surface area contributed by atoms with Crippen molar-refractivity contribution in [2.24, 2.45) is 0 Å². The zero-order chi connectivity index (χ0) is 15.5. The molecule has 118 valence electrons. The second kappa shape index (κ2) is 6.13. The van der Waals surface area contributed by atoms with Crippen LogP contribution in [0.15, 0.2) is 18.2 Å². The minimum atomic E-state index is -0.327. The zero-order valence-corrected chi connectivity index (χ0v) is 12.4. The van der Waals surface area contributed by atoms with Crippen molar-refractivity contribution in [3.05, 3.63) is 23.8 Å². The molecule has 0 aliphatic carbocycles. The van der Waals surface area contributed by atoms with Gasteiger partial charge in [-0.1, -0.05) is 6.07 Å². The summed E-state index contributed by atoms with van der Waals surface area (Å²) >= 11 is 0. The van der Waals surface area contributed by atoms with Gasteiger partial charge in [0.25, 0.3) is 5.91 Å². The van der Waals surface area contributed by atoms with Gasteiger partial charge in [-0.3, -0.25) is 4.79 Å². The van der Waals surface area contributed by atoms with E-state index in [1.807, 2.05) is 0 Å². The molecule has 2 aliphatic rings. The molecule has 2 heterocycles. The van der Waals surface area contributed by atoms with Gasteiger partial charge < -0.3 is 24.0 Å². The molecule has 1 fully saturated rings. The van der Waals surface area contributed by atoms with E-state index in [1.54, 1.807) is 34.9 Å². The highest BCUT2D eigenvalue weighted by Crippen LogP contribution is 2.35. The molecule has 0 radical (unpaired) electrons. The third-order valence-electron chi connectivity index (χ3n) is 3.72. The Morgan fingerprint density at radius 1 is 1.14 bits per heavy atom. The fourth-order valence-electron chi connectivity index (χ4n) is 2.58. The molecule has 0 spiro atoms. The first-order chi connectivity index (χ1) is 10.7. The molecule has 0 unspecified atom stereocenters. The first-order valence-corrected chi connectivity index (χ1v) is 7.30. The number of amides is 2. The van der Waals surface area contributed by atoms with Gasteiger partial charge in [0, 0.05) is 26.2 Å². The summed E-state index contributed by atoms with van der Waals surface area (Å²) in [5.41, 5.74) is 0.500. The van der Waals surface area contributed by atoms with E-state index in [-0.39, 0.29) is 18.8 Å². The Bertz CT molecular complexity index is 581. The molecule has 0 saturated carbocycles. The lowest BCUT2D eigenvalue weighted by Crippen LogP contribution is -2.50. The number of nitrogens with zero attached hydrogens (tertiary/aromatic N) is 2. The summed E-state index contributed by atoms with van der Waals surface area (Å²) < 4.78 is 15.6. The molecular formula is C15H18N2O5. The van der Waals surface area contributed by atoms with E-state index >= 15 is 0 Å². The van der Waals surface area contributed by atoms with Gasteiger partial charge in [0.05, 0.1) is 12.2 Å². The quantitative estimate of drug-likeness (QED) is 0.824. The number of carbonyl (C=O) groups excluding carboxylic acids is 2. The summed E-state index contributed by atoms with van der Waals surface area (Å²) in [6, 6.07) is 5.28. The molecule has 0 N–H and O–H groups in total. The van der Waals surface area contributed by atoms with Gasteiger partial charge in [-0.2, -0.15) is 0 Å². The van der Waals surface area contributed by atoms with Gasteiger partial charge in [0.1, 0.15) is 0 Å². The van der Waals surface area contributed by atoms with Gasteiger partial charge in [-0.05, 0) is 19.1 Å². The molecule has 0 bridgehead atoms. The van der Waals surface area contributed by atoms with Crippen molar-refractivity contribution in [2.75, 3.05) is 39.6 Å². The molecule has 7 nitrogen and oxygen atoms in total. The molecule has 22 heavy (non-hydrogen) atoms. The topological polar surface area (TPSA) is 68.3 Å². The van der Waals surface area contributed by atoms with Crippen molar-refractivity contribution in [1.29, 1.82) is 0 Å². The monoisotopic (exact) mass is 306 g/mol. The Hall–Kier alpha value is -2.44. The maximum atomic E-state index is 12.6. The van der Waals surface area contributed by atoms with Crippen LogP contribution < -0.4 is 9.47 Å². The molecule has 1 saturated heterocycles. The predicted molar refractivity (Wildman–Crippen MR) is 77.1 cm³/mol. The SMILES string of the molecule is CCOC(=O)N1CCN(C(=O)c2cccc3c2OCO3)CC1. The highest BCUT2D eigenvalue weighted by molar-refractivity contribution is 5.98. The van der Waals surface area contributed by atoms with E-state index in [0.717, 1.165) is 0 Å². The number of piperazine rings is 1. The van der Waals surface area contributed by atoms with Crippen molar-refractivity contribution in [1.82, 2.24) is 9.80 Å². The highest BCUT2D eigenvalue weighted by Gasteiger charge is 2.29. The molecule has 2 amide bonds. The van der Waals surface area contributed by atoms with Crippen LogP contribution in [0.4, 0.5) is 4.79 Å². The van der Waals surface area contributed by atoms with Crippen molar-refractivity contribution in [2.45, 2.75) is 6.92 Å². The van der Waals surface area contributed by atoms with Gasteiger partial charge in [-0.15, -0.1) is 0 Å². The van der Waals surface area contributed by atoms with Crippen LogP contribution >= 0.6 is 0 Å². The van der Waals surface area contributed by atoms with Crippen LogP contribution in [-0.4, -0.2) is 61.4 Å². The maximum absolute atomic E-state index is 12.6. The van der Waals surface area contributed by atoms with Crippen LogP contribution in [0.2, 0.25) is 0 Å². The van der Waals surface area contributed by atoms with Gasteiger partial charge in [0.2, 0.25) is 6.79 Å². The third kappa shape index (κ3) is 2.66. The molecule has 0 atom stereocenters. The number of ether oxygens (including phenoxy) is 3. The van der Waals surface area contributed by atoms with Gasteiger partial charge in [0.15, 0.2) is 11.5 Å². The molecule has 7 heteroatoms. The predicted octanol–water partition coefficient (Wildman–Crippen LogP) is 1.33. The summed E-state index contributed by atoms with van der Waals surface area (Å²) in [5, 5.41) is 0. The number of benzene rings is 1. The number of para-hydroxylation sites is 1. The standard InChI is InChI=1S/C15H18N2O5/c1-2-20-15(19)17-8-6-16(7-9-17)14(18)11-4-3-5-12-13(11)22-10-21-12/h3-5H,2,6-10H2,1H3. The van der Waals surface area contributed by atoms with Crippen LogP contribution in [0, 0.1) is 0 Å². The van der Waals surface area contributed by atoms with Gasteiger partial charge in [-0.25, -0.2) is 4.79 Å². The average molecular weight is 306 g/mol. The molecule has 2 aliphatic heterocycles. The van der Waals surface area contributed by atoms with Crippen molar-refractivity contribution >= 4 is 12.0 Å². The Morgan fingerprint density at radius 3 is 2.59 bits per heavy atom. The average Bonchev–Trinajstić information content (AvgIpc) is 3.03. The highest BCUT2D eigenvalue weighted by atomic mass is 16.7. The van der Waals surface area contributed by atoms with E-state index in [1.165, 1.54) is 0 Å². The summed E-state index contributed by atoms with van der Waals surface area (Å²) in [7, 11) is 0. The fourth-order valence-corrected chi connectivity index (χ4v) is 2.58. The Kier molecular flexibility index (Phi) is 4.04. The third-order valence-corrected chi connectivity index (χ3v) is 3.72. The van der Waals surface area contributed by atoms with E-state index < -0.39 is 0 Å². The Labute approximate surface area is 128 Å². The summed E-state index contributed by atoms with van der Waals surface area (Å²) in [6.45, 7) is 4.15. The molecule has 1 aromatic rings. The largest absolute Gasteiger partial charge is 0.454 e. The molecule has 3 rings (SSSR count). The van der Waals surface area contributed by atoms with Crippen molar-refractivity contribution in [3.8, 4) is 11.5 Å². The second-order valence-corrected chi connectivity index (χ2v) is 5.02. The van der Waals surface area contributed by atoms with E-state index in [0.29, 0.717) is 49.8 Å². The fraction of sp³-hybridized carbons (Fsp3) is 0.467. The maximum Gasteiger partial charge on any atom is 0.409 e. The minimum Gasteiger partial charge on any atom is -0.454 e. The number of fused-ring (bicyclic) bond motifs is 1. The van der Waals surface area contributed by atoms with Crippen molar-refractivity contribution < 1.29 is 23.8 Å². The smallest absolute Gasteiger partial charge is 0.409 e. The van der Waals surface area contributed by atoms with Gasteiger partial charge >= 0.3 is 6.09 Å². The summed E-state index contributed by atoms with van der Waals surface area (Å²) in [4.78, 5) is 27.6. The van der Waals surface area contributed by atoms with Crippen LogP contribution in [0.3, 0.4) is 0 Å². The first kappa shape index (κ1) is 14.5.